The molecule has 0 bridgehead atoms. The second-order valence-corrected chi connectivity index (χ2v) is 9.05. The predicted molar refractivity (Wildman–Crippen MR) is 123 cm³/mol. The maximum Gasteiger partial charge on any atom is 0.253 e. The van der Waals surface area contributed by atoms with E-state index in [2.05, 4.69) is 35.5 Å². The van der Waals surface area contributed by atoms with Crippen molar-refractivity contribution in [1.29, 1.82) is 0 Å². The van der Waals surface area contributed by atoms with E-state index < -0.39 is 6.04 Å². The van der Waals surface area contributed by atoms with Crippen LogP contribution < -0.4 is 10.6 Å². The van der Waals surface area contributed by atoms with Crippen molar-refractivity contribution in [1.82, 2.24) is 15.5 Å². The van der Waals surface area contributed by atoms with Gasteiger partial charge in [0.25, 0.3) is 5.91 Å². The van der Waals surface area contributed by atoms with Crippen LogP contribution in [0.2, 0.25) is 5.02 Å². The lowest BCUT2D eigenvalue weighted by Crippen LogP contribution is -2.52. The van der Waals surface area contributed by atoms with Gasteiger partial charge in [0.15, 0.2) is 0 Å². The van der Waals surface area contributed by atoms with Crippen molar-refractivity contribution in [3.63, 3.8) is 0 Å². The fourth-order valence-electron chi connectivity index (χ4n) is 3.26. The highest BCUT2D eigenvalue weighted by Gasteiger charge is 2.26. The van der Waals surface area contributed by atoms with E-state index >= 15 is 0 Å². The summed E-state index contributed by atoms with van der Waals surface area (Å²) in [5, 5.41) is 6.41. The molecule has 1 aliphatic heterocycles. The molecule has 0 saturated carbocycles. The molecule has 1 aromatic rings. The molecule has 160 valence electrons. The zero-order valence-electron chi connectivity index (χ0n) is 17.5. The molecule has 2 rings (SSSR count). The van der Waals surface area contributed by atoms with Crippen LogP contribution in [0.5, 0.6) is 0 Å². The third-order valence-corrected chi connectivity index (χ3v) is 6.02. The Labute approximate surface area is 183 Å². The number of thioether (sulfide) groups is 1. The number of nitrogens with one attached hydrogen (secondary N) is 2. The van der Waals surface area contributed by atoms with Gasteiger partial charge in [-0.3, -0.25) is 14.5 Å². The minimum atomic E-state index is -0.560. The monoisotopic (exact) mass is 437 g/mol. The highest BCUT2D eigenvalue weighted by Crippen LogP contribution is 2.16. The van der Waals surface area contributed by atoms with Gasteiger partial charge in [0.2, 0.25) is 5.91 Å². The minimum Gasteiger partial charge on any atom is -0.351 e. The number of rotatable bonds is 9. The van der Waals surface area contributed by atoms with Crippen LogP contribution >= 0.6 is 23.4 Å². The maximum atomic E-state index is 12.9. The third kappa shape index (κ3) is 8.03. The molecule has 7 heteroatoms. The lowest BCUT2D eigenvalue weighted by Gasteiger charge is -2.32. The normalized spacial score (nSPS) is 16.1. The van der Waals surface area contributed by atoms with E-state index in [9.17, 15) is 9.59 Å². The summed E-state index contributed by atoms with van der Waals surface area (Å²) in [5.41, 5.74) is 1.72. The van der Waals surface area contributed by atoms with E-state index in [1.54, 1.807) is 36.0 Å². The van der Waals surface area contributed by atoms with Gasteiger partial charge in [-0.1, -0.05) is 35.4 Å². The quantitative estimate of drug-likeness (QED) is 0.578. The van der Waals surface area contributed by atoms with Crippen LogP contribution in [-0.2, 0) is 4.79 Å². The molecule has 0 aromatic heterocycles. The van der Waals surface area contributed by atoms with E-state index in [-0.39, 0.29) is 17.9 Å². The van der Waals surface area contributed by atoms with E-state index in [4.69, 9.17) is 11.6 Å². The van der Waals surface area contributed by atoms with Crippen LogP contribution in [0.3, 0.4) is 0 Å². The van der Waals surface area contributed by atoms with Crippen LogP contribution in [0.4, 0.5) is 0 Å². The summed E-state index contributed by atoms with van der Waals surface area (Å²) in [5.74, 6) is 0.373. The average Bonchev–Trinajstić information content (AvgIpc) is 2.70. The number of carbonyl (C=O) groups is 2. The lowest BCUT2D eigenvalue weighted by molar-refractivity contribution is -0.124. The maximum absolute atomic E-state index is 12.9. The van der Waals surface area contributed by atoms with Gasteiger partial charge in [-0.05, 0) is 57.3 Å². The summed E-state index contributed by atoms with van der Waals surface area (Å²) >= 11 is 7.78. The molecular weight excluding hydrogens is 406 g/mol. The van der Waals surface area contributed by atoms with Crippen molar-refractivity contribution in [3.05, 3.63) is 46.5 Å². The third-order valence-electron chi connectivity index (χ3n) is 5.04. The molecule has 1 fully saturated rings. The topological polar surface area (TPSA) is 61.4 Å². The number of hydrogen-bond donors (Lipinski definition) is 2. The molecule has 1 aromatic carbocycles. The highest BCUT2D eigenvalue weighted by molar-refractivity contribution is 7.98. The SMILES string of the molecule is CSCCC(NC(=O)c1ccccc1Cl)C(=O)NC1CCN(CC=C(C)C)CC1. The number of halogens is 1. The molecule has 2 N–H and O–H groups in total. The molecular formula is C22H32ClN3O2S. The van der Waals surface area contributed by atoms with Gasteiger partial charge in [-0.2, -0.15) is 11.8 Å². The molecule has 0 aliphatic carbocycles. The van der Waals surface area contributed by atoms with E-state index in [0.717, 1.165) is 38.2 Å². The van der Waals surface area contributed by atoms with Gasteiger partial charge >= 0.3 is 0 Å². The first kappa shape index (κ1) is 23.8. The number of piperidine rings is 1. The van der Waals surface area contributed by atoms with Crippen molar-refractivity contribution >= 4 is 35.2 Å². The van der Waals surface area contributed by atoms with E-state index in [1.807, 2.05) is 6.26 Å². The average molecular weight is 438 g/mol. The van der Waals surface area contributed by atoms with Crippen LogP contribution in [-0.4, -0.2) is 60.4 Å². The van der Waals surface area contributed by atoms with Crippen LogP contribution in [0.25, 0.3) is 0 Å². The van der Waals surface area contributed by atoms with Crippen molar-refractivity contribution in [2.45, 2.75) is 45.2 Å². The number of likely N-dealkylation sites (tertiary alicyclic amines) is 1. The lowest BCUT2D eigenvalue weighted by atomic mass is 10.0. The van der Waals surface area contributed by atoms with Gasteiger partial charge in [0.05, 0.1) is 10.6 Å². The molecule has 29 heavy (non-hydrogen) atoms. The number of carbonyl (C=O) groups excluding carboxylic acids is 2. The number of hydrogen-bond acceptors (Lipinski definition) is 4. The summed E-state index contributed by atoms with van der Waals surface area (Å²) in [4.78, 5) is 27.9. The predicted octanol–water partition coefficient (Wildman–Crippen LogP) is 3.74. The van der Waals surface area contributed by atoms with Crippen molar-refractivity contribution in [3.8, 4) is 0 Å². The Morgan fingerprint density at radius 1 is 1.28 bits per heavy atom. The zero-order chi connectivity index (χ0) is 21.2. The van der Waals surface area contributed by atoms with Gasteiger partial charge in [-0.25, -0.2) is 0 Å². The van der Waals surface area contributed by atoms with E-state index in [0.29, 0.717) is 17.0 Å². The Kier molecular flexibility index (Phi) is 10.0. The van der Waals surface area contributed by atoms with Crippen molar-refractivity contribution in [2.75, 3.05) is 31.6 Å². The summed E-state index contributed by atoms with van der Waals surface area (Å²) in [7, 11) is 0. The molecule has 1 atom stereocenters. The smallest absolute Gasteiger partial charge is 0.253 e. The Hall–Kier alpha value is -1.50. The molecule has 1 aliphatic rings. The second kappa shape index (κ2) is 12.3. The summed E-state index contributed by atoms with van der Waals surface area (Å²) < 4.78 is 0. The Morgan fingerprint density at radius 3 is 2.59 bits per heavy atom. The number of amides is 2. The molecule has 1 unspecified atom stereocenters. The molecule has 5 nitrogen and oxygen atoms in total. The van der Waals surface area contributed by atoms with Gasteiger partial charge in [0.1, 0.15) is 6.04 Å². The zero-order valence-corrected chi connectivity index (χ0v) is 19.1. The Morgan fingerprint density at radius 2 is 1.97 bits per heavy atom. The van der Waals surface area contributed by atoms with Gasteiger partial charge in [-0.15, -0.1) is 0 Å². The molecule has 0 radical (unpaired) electrons. The van der Waals surface area contributed by atoms with Crippen LogP contribution in [0.1, 0.15) is 43.5 Å². The molecule has 1 heterocycles. The number of benzene rings is 1. The minimum absolute atomic E-state index is 0.109. The first-order valence-electron chi connectivity index (χ1n) is 10.1. The van der Waals surface area contributed by atoms with Gasteiger partial charge < -0.3 is 10.6 Å². The van der Waals surface area contributed by atoms with Crippen LogP contribution in [0, 0.1) is 0 Å². The first-order chi connectivity index (χ1) is 13.9. The Balaban J connectivity index is 1.91. The fourth-order valence-corrected chi connectivity index (χ4v) is 3.95. The Bertz CT molecular complexity index is 714. The standard InChI is InChI=1S/C22H32ClN3O2S/c1-16(2)8-12-26-13-9-17(10-14-26)24-22(28)20(11-15-29-3)25-21(27)18-6-4-5-7-19(18)23/h4-8,17,20H,9-15H2,1-3H3,(H,24,28)(H,25,27). The molecule has 2 amide bonds. The highest BCUT2D eigenvalue weighted by atomic mass is 35.5. The first-order valence-corrected chi connectivity index (χ1v) is 11.9. The van der Waals surface area contributed by atoms with Crippen molar-refractivity contribution < 1.29 is 9.59 Å². The second-order valence-electron chi connectivity index (χ2n) is 7.65. The summed E-state index contributed by atoms with van der Waals surface area (Å²) in [6.45, 7) is 7.12. The molecule has 0 spiro atoms. The van der Waals surface area contributed by atoms with Crippen molar-refractivity contribution in [2.24, 2.45) is 0 Å². The van der Waals surface area contributed by atoms with Gasteiger partial charge in [0, 0.05) is 25.7 Å². The fraction of sp³-hybridized carbons (Fsp3) is 0.545. The number of allylic oxidation sites excluding steroid dienone is 1. The summed E-state index contributed by atoms with van der Waals surface area (Å²) in [6.07, 6.45) is 6.67. The van der Waals surface area contributed by atoms with Crippen LogP contribution in [0.15, 0.2) is 35.9 Å². The largest absolute Gasteiger partial charge is 0.351 e. The number of nitrogens with zero attached hydrogens (tertiary/aromatic N) is 1. The van der Waals surface area contributed by atoms with E-state index in [1.165, 1.54) is 5.57 Å². The summed E-state index contributed by atoms with van der Waals surface area (Å²) in [6, 6.07) is 6.48. The molecule has 1 saturated heterocycles.